The Kier molecular flexibility index (Phi) is 2.40. The minimum atomic E-state index is -0.328. The third-order valence-electron chi connectivity index (χ3n) is 2.29. The summed E-state index contributed by atoms with van der Waals surface area (Å²) in [4.78, 5) is 10.4. The zero-order valence-corrected chi connectivity index (χ0v) is 8.45. The Hall–Kier alpha value is -1.12. The van der Waals surface area contributed by atoms with E-state index in [1.54, 1.807) is 6.08 Å². The Balaban J connectivity index is 2.44. The first-order valence-corrected chi connectivity index (χ1v) is 4.84. The number of allylic oxidation sites excluding steroid dienone is 7. The second-order valence-electron chi connectivity index (χ2n) is 3.14. The second-order valence-corrected chi connectivity index (χ2v) is 3.80. The van der Waals surface area contributed by atoms with Gasteiger partial charge in [0.1, 0.15) is 0 Å². The van der Waals surface area contributed by atoms with E-state index in [-0.39, 0.29) is 10.6 Å². The normalized spacial score (nSPS) is 20.1. The molecule has 0 aliphatic heterocycles. The second kappa shape index (κ2) is 3.56. The summed E-state index contributed by atoms with van der Waals surface area (Å²) in [5, 5.41) is 10.7. The molecule has 0 atom stereocenters. The molecule has 0 aromatic carbocycles. The van der Waals surface area contributed by atoms with Gasteiger partial charge in [0, 0.05) is 0 Å². The van der Waals surface area contributed by atoms with E-state index in [2.05, 4.69) is 16.0 Å². The summed E-state index contributed by atoms with van der Waals surface area (Å²) in [6.45, 7) is 0. The molecule has 2 aliphatic rings. The van der Waals surface area contributed by atoms with Crippen LogP contribution >= 0.6 is 0 Å². The van der Waals surface area contributed by atoms with Crippen LogP contribution < -0.4 is 0 Å². The molecule has 0 aromatic heterocycles. The number of nitro groups is 1. The molecule has 3 nitrogen and oxygen atoms in total. The van der Waals surface area contributed by atoms with Gasteiger partial charge in [-0.05, 0) is 0 Å². The van der Waals surface area contributed by atoms with Crippen LogP contribution in [0.3, 0.4) is 0 Å². The molecular weight excluding hydrogens is 222 g/mol. The topological polar surface area (TPSA) is 43.1 Å². The molecule has 14 heavy (non-hydrogen) atoms. The van der Waals surface area contributed by atoms with Crippen LogP contribution in [0.5, 0.6) is 0 Å². The van der Waals surface area contributed by atoms with Crippen molar-refractivity contribution in [1.82, 2.24) is 0 Å². The average Bonchev–Trinajstić information content (AvgIpc) is 2.70. The first-order valence-electron chi connectivity index (χ1n) is 4.28. The molecule has 2 aliphatic carbocycles. The Labute approximate surface area is 89.8 Å². The van der Waals surface area contributed by atoms with Crippen molar-refractivity contribution in [2.75, 3.05) is 0 Å². The van der Waals surface area contributed by atoms with Gasteiger partial charge in [-0.15, -0.1) is 0 Å². The van der Waals surface area contributed by atoms with Crippen molar-refractivity contribution >= 4 is 0 Å². The number of hydrogen-bond donors (Lipinski definition) is 0. The molecule has 0 saturated heterocycles. The van der Waals surface area contributed by atoms with Gasteiger partial charge in [-0.1, -0.05) is 0 Å². The Morgan fingerprint density at radius 1 is 1.29 bits per heavy atom. The van der Waals surface area contributed by atoms with Gasteiger partial charge in [0.25, 0.3) is 0 Å². The molecule has 0 aromatic rings. The summed E-state index contributed by atoms with van der Waals surface area (Å²) >= 11 is 3.89. The van der Waals surface area contributed by atoms with E-state index in [0.717, 1.165) is 22.0 Å². The van der Waals surface area contributed by atoms with Crippen molar-refractivity contribution in [1.29, 1.82) is 0 Å². The van der Waals surface area contributed by atoms with Gasteiger partial charge in [0.2, 0.25) is 0 Å². The summed E-state index contributed by atoms with van der Waals surface area (Å²) < 4.78 is 0.975. The van der Waals surface area contributed by atoms with Crippen LogP contribution in [0.15, 0.2) is 45.6 Å². The molecule has 0 bridgehead atoms. The third-order valence-corrected chi connectivity index (χ3v) is 2.81. The average molecular weight is 230 g/mol. The van der Waals surface area contributed by atoms with Crippen LogP contribution in [-0.4, -0.2) is 4.92 Å². The zero-order valence-electron chi connectivity index (χ0n) is 7.34. The van der Waals surface area contributed by atoms with Crippen molar-refractivity contribution in [2.45, 2.75) is 12.8 Å². The Bertz CT molecular complexity index is 416. The van der Waals surface area contributed by atoms with Crippen molar-refractivity contribution in [3.63, 3.8) is 0 Å². The fourth-order valence-corrected chi connectivity index (χ4v) is 2.04. The van der Waals surface area contributed by atoms with Gasteiger partial charge in [-0.2, -0.15) is 0 Å². The van der Waals surface area contributed by atoms with E-state index in [1.807, 2.05) is 18.2 Å². The van der Waals surface area contributed by atoms with Crippen LogP contribution in [0.4, 0.5) is 0 Å². The molecule has 0 unspecified atom stereocenters. The molecular formula is C10H8FeNO2. The van der Waals surface area contributed by atoms with Gasteiger partial charge in [0.05, 0.1) is 0 Å². The molecule has 0 amide bonds. The maximum atomic E-state index is 10.7. The van der Waals surface area contributed by atoms with E-state index in [1.165, 1.54) is 0 Å². The molecule has 0 saturated carbocycles. The fourth-order valence-electron chi connectivity index (χ4n) is 1.65. The molecule has 0 heterocycles. The molecule has 0 radical (unpaired) electrons. The Morgan fingerprint density at radius 2 is 2.00 bits per heavy atom. The molecule has 0 N–H and O–H groups in total. The van der Waals surface area contributed by atoms with Crippen molar-refractivity contribution < 1.29 is 20.9 Å². The van der Waals surface area contributed by atoms with Crippen LogP contribution in [0, 0.1) is 10.1 Å². The summed E-state index contributed by atoms with van der Waals surface area (Å²) in [6, 6.07) is 0. The molecule has 0 spiro atoms. The monoisotopic (exact) mass is 230 g/mol. The zero-order chi connectivity index (χ0) is 10.1. The van der Waals surface area contributed by atoms with Crippen LogP contribution in [0.25, 0.3) is 0 Å². The van der Waals surface area contributed by atoms with E-state index >= 15 is 0 Å². The number of nitrogens with zero attached hydrogens (tertiary/aromatic N) is 1. The summed E-state index contributed by atoms with van der Waals surface area (Å²) in [5.41, 5.74) is 1.96. The van der Waals surface area contributed by atoms with Crippen molar-refractivity contribution in [2.24, 2.45) is 0 Å². The van der Waals surface area contributed by atoms with Gasteiger partial charge < -0.3 is 0 Å². The van der Waals surface area contributed by atoms with Crippen LogP contribution in [0.2, 0.25) is 0 Å². The van der Waals surface area contributed by atoms with Gasteiger partial charge in [0.15, 0.2) is 0 Å². The predicted octanol–water partition coefficient (Wildman–Crippen LogP) is 2.24. The predicted molar refractivity (Wildman–Crippen MR) is 48.6 cm³/mol. The third kappa shape index (κ3) is 1.47. The molecule has 4 heteroatoms. The maximum absolute atomic E-state index is 10.7. The van der Waals surface area contributed by atoms with Crippen LogP contribution in [-0.2, 0) is 16.0 Å². The molecule has 0 fully saturated rings. The first-order chi connectivity index (χ1) is 6.70. The molecule has 73 valence electrons. The van der Waals surface area contributed by atoms with E-state index in [4.69, 9.17) is 0 Å². The van der Waals surface area contributed by atoms with E-state index < -0.39 is 0 Å². The molecule has 2 rings (SSSR count). The quantitative estimate of drug-likeness (QED) is 0.414. The van der Waals surface area contributed by atoms with Crippen LogP contribution in [0.1, 0.15) is 12.8 Å². The van der Waals surface area contributed by atoms with Gasteiger partial charge in [-0.3, -0.25) is 0 Å². The number of rotatable bonds is 2. The summed E-state index contributed by atoms with van der Waals surface area (Å²) in [6.07, 6.45) is 8.76. The summed E-state index contributed by atoms with van der Waals surface area (Å²) in [5.74, 6) is 0. The summed E-state index contributed by atoms with van der Waals surface area (Å²) in [7, 11) is 0. The van der Waals surface area contributed by atoms with E-state index in [0.29, 0.717) is 6.42 Å². The SMILES string of the molecule is O=[N+]([O-])C1=C(C2=[C]([Fe])CC=C2)CC=C1. The fraction of sp³-hybridized carbons (Fsp3) is 0.200. The number of hydrogen-bond acceptors (Lipinski definition) is 2. The van der Waals surface area contributed by atoms with Gasteiger partial charge in [-0.25, -0.2) is 0 Å². The van der Waals surface area contributed by atoms with E-state index in [9.17, 15) is 10.1 Å². The first kappa shape index (κ1) is 9.44. The minimum absolute atomic E-state index is 0.215. The van der Waals surface area contributed by atoms with Crippen molar-refractivity contribution in [3.05, 3.63) is 55.7 Å². The van der Waals surface area contributed by atoms with Gasteiger partial charge >= 0.3 is 89.5 Å². The Morgan fingerprint density at radius 3 is 2.57 bits per heavy atom. The van der Waals surface area contributed by atoms with Crippen molar-refractivity contribution in [3.8, 4) is 0 Å². The standard InChI is InChI=1S/C10H8NO2.Fe/c12-11(13)10-7-3-6-9(10)8-4-1-2-5-8;/h1,3-4,7H,2,6H2;.